The van der Waals surface area contributed by atoms with Crippen molar-refractivity contribution in [2.24, 2.45) is 0 Å². The molecule has 0 fully saturated rings. The van der Waals surface area contributed by atoms with E-state index in [1.54, 1.807) is 12.1 Å². The second-order valence-corrected chi connectivity index (χ2v) is 3.69. The Morgan fingerprint density at radius 3 is 2.88 bits per heavy atom. The highest BCUT2D eigenvalue weighted by Gasteiger charge is 2.10. The van der Waals surface area contributed by atoms with Crippen LogP contribution in [0.15, 0.2) is 12.1 Å². The van der Waals surface area contributed by atoms with E-state index >= 15 is 0 Å². The summed E-state index contributed by atoms with van der Waals surface area (Å²) in [6.45, 7) is 1.83. The van der Waals surface area contributed by atoms with Crippen molar-refractivity contribution in [2.45, 2.75) is 6.92 Å². The lowest BCUT2D eigenvalue weighted by Gasteiger charge is -2.07. The molecular formula is C11H9N3OS. The van der Waals surface area contributed by atoms with Gasteiger partial charge < -0.3 is 9.72 Å². The molecule has 2 rings (SSSR count). The number of fused-ring (bicyclic) bond motifs is 1. The van der Waals surface area contributed by atoms with Gasteiger partial charge in [0.1, 0.15) is 22.3 Å². The highest BCUT2D eigenvalue weighted by atomic mass is 32.1. The van der Waals surface area contributed by atoms with E-state index in [0.29, 0.717) is 21.3 Å². The van der Waals surface area contributed by atoms with Crippen LogP contribution in [0.5, 0.6) is 5.75 Å². The van der Waals surface area contributed by atoms with E-state index in [4.69, 9.17) is 22.2 Å². The van der Waals surface area contributed by atoms with Gasteiger partial charge in [-0.1, -0.05) is 12.2 Å². The number of nitriles is 1. The Kier molecular flexibility index (Phi) is 2.59. The van der Waals surface area contributed by atoms with Gasteiger partial charge in [-0.05, 0) is 19.1 Å². The zero-order valence-electron chi connectivity index (χ0n) is 8.87. The molecule has 1 heterocycles. The molecule has 1 N–H and O–H groups in total. The molecule has 0 spiro atoms. The predicted molar refractivity (Wildman–Crippen MR) is 62.9 cm³/mol. The average Bonchev–Trinajstić information content (AvgIpc) is 2.27. The quantitative estimate of drug-likeness (QED) is 0.766. The molecule has 0 radical (unpaired) electrons. The number of rotatable bonds is 1. The van der Waals surface area contributed by atoms with Crippen LogP contribution in [0, 0.1) is 22.9 Å². The maximum absolute atomic E-state index is 8.96. The first kappa shape index (κ1) is 10.6. The first-order valence-corrected chi connectivity index (χ1v) is 5.06. The van der Waals surface area contributed by atoms with Crippen molar-refractivity contribution in [1.29, 1.82) is 5.26 Å². The van der Waals surface area contributed by atoms with Crippen molar-refractivity contribution < 1.29 is 4.74 Å². The Labute approximate surface area is 97.5 Å². The number of hydrogen-bond acceptors (Lipinski definition) is 4. The van der Waals surface area contributed by atoms with Gasteiger partial charge >= 0.3 is 0 Å². The molecule has 5 heteroatoms. The normalized spacial score (nSPS) is 10.1. The fourth-order valence-electron chi connectivity index (χ4n) is 1.63. The Hall–Kier alpha value is -1.93. The van der Waals surface area contributed by atoms with Crippen molar-refractivity contribution in [1.82, 2.24) is 9.97 Å². The molecule has 2 aromatic rings. The van der Waals surface area contributed by atoms with E-state index < -0.39 is 0 Å². The molecule has 16 heavy (non-hydrogen) atoms. The summed E-state index contributed by atoms with van der Waals surface area (Å²) in [6.07, 6.45) is 0. The Balaban J connectivity index is 2.99. The lowest BCUT2D eigenvalue weighted by molar-refractivity contribution is 0.418. The largest absolute Gasteiger partial charge is 0.495 e. The minimum absolute atomic E-state index is 0.445. The SMILES string of the molecule is COc1c(C#N)ccc2[nH]c(C)nc(=S)c12. The molecule has 0 aliphatic rings. The lowest BCUT2D eigenvalue weighted by Crippen LogP contribution is -1.95. The third-order valence-corrected chi connectivity index (χ3v) is 2.58. The van der Waals surface area contributed by atoms with E-state index in [1.165, 1.54) is 7.11 Å². The number of nitrogens with one attached hydrogen (secondary N) is 1. The van der Waals surface area contributed by atoms with E-state index in [-0.39, 0.29) is 0 Å². The number of methoxy groups -OCH3 is 1. The molecule has 80 valence electrons. The maximum Gasteiger partial charge on any atom is 0.148 e. The second-order valence-electron chi connectivity index (χ2n) is 3.31. The molecule has 4 nitrogen and oxygen atoms in total. The molecule has 0 bridgehead atoms. The van der Waals surface area contributed by atoms with E-state index in [2.05, 4.69) is 16.0 Å². The van der Waals surface area contributed by atoms with Crippen LogP contribution in [0.2, 0.25) is 0 Å². The van der Waals surface area contributed by atoms with Gasteiger partial charge in [0, 0.05) is 0 Å². The van der Waals surface area contributed by atoms with Gasteiger partial charge in [-0.2, -0.15) is 5.26 Å². The Morgan fingerprint density at radius 1 is 1.50 bits per heavy atom. The van der Waals surface area contributed by atoms with Crippen molar-refractivity contribution in [2.75, 3.05) is 7.11 Å². The van der Waals surface area contributed by atoms with Gasteiger partial charge in [0.15, 0.2) is 0 Å². The van der Waals surface area contributed by atoms with Gasteiger partial charge in [-0.3, -0.25) is 0 Å². The molecule has 1 aromatic carbocycles. The molecular weight excluding hydrogens is 222 g/mol. The van der Waals surface area contributed by atoms with Crippen LogP contribution in [-0.4, -0.2) is 17.1 Å². The Bertz CT molecular complexity index is 655. The number of hydrogen-bond donors (Lipinski definition) is 1. The minimum atomic E-state index is 0.445. The standard InChI is InChI=1S/C11H9N3OS/c1-6-13-8-4-3-7(5-12)10(15-2)9(8)11(16)14-6/h3-4H,1-2H3,(H,13,14,16). The highest BCUT2D eigenvalue weighted by molar-refractivity contribution is 7.71. The molecule has 1 aromatic heterocycles. The number of aryl methyl sites for hydroxylation is 1. The molecule has 0 saturated carbocycles. The van der Waals surface area contributed by atoms with Gasteiger partial charge in [0.25, 0.3) is 0 Å². The summed E-state index contributed by atoms with van der Waals surface area (Å²) < 4.78 is 5.67. The number of ether oxygens (including phenoxy) is 1. The number of nitrogens with zero attached hydrogens (tertiary/aromatic N) is 2. The van der Waals surface area contributed by atoms with Gasteiger partial charge in [-0.25, -0.2) is 4.98 Å². The first-order valence-electron chi connectivity index (χ1n) is 4.65. The topological polar surface area (TPSA) is 61.7 Å². The van der Waals surface area contributed by atoms with Gasteiger partial charge in [-0.15, -0.1) is 0 Å². The fraction of sp³-hybridized carbons (Fsp3) is 0.182. The fourth-order valence-corrected chi connectivity index (χ4v) is 1.97. The van der Waals surface area contributed by atoms with Crippen LogP contribution in [0.1, 0.15) is 11.4 Å². The number of aromatic nitrogens is 2. The maximum atomic E-state index is 8.96. The van der Waals surface area contributed by atoms with E-state index in [9.17, 15) is 0 Å². The van der Waals surface area contributed by atoms with E-state index in [1.807, 2.05) is 6.92 Å². The molecule has 0 saturated heterocycles. The predicted octanol–water partition coefficient (Wildman–Crippen LogP) is 2.48. The monoisotopic (exact) mass is 231 g/mol. The third-order valence-electron chi connectivity index (χ3n) is 2.28. The van der Waals surface area contributed by atoms with Gasteiger partial charge in [0.2, 0.25) is 0 Å². The van der Waals surface area contributed by atoms with Crippen molar-refractivity contribution >= 4 is 23.1 Å². The summed E-state index contributed by atoms with van der Waals surface area (Å²) in [5.41, 5.74) is 1.29. The minimum Gasteiger partial charge on any atom is -0.495 e. The average molecular weight is 231 g/mol. The molecule has 0 unspecified atom stereocenters. The lowest BCUT2D eigenvalue weighted by atomic mass is 10.1. The number of aromatic amines is 1. The zero-order valence-corrected chi connectivity index (χ0v) is 9.68. The zero-order chi connectivity index (χ0) is 11.7. The van der Waals surface area contributed by atoms with Crippen LogP contribution in [-0.2, 0) is 0 Å². The van der Waals surface area contributed by atoms with Gasteiger partial charge in [0.05, 0.1) is 23.6 Å². The molecule has 0 atom stereocenters. The van der Waals surface area contributed by atoms with E-state index in [0.717, 1.165) is 11.3 Å². The molecule has 0 amide bonds. The van der Waals surface area contributed by atoms with Crippen LogP contribution in [0.3, 0.4) is 0 Å². The van der Waals surface area contributed by atoms with Crippen molar-refractivity contribution in [3.8, 4) is 11.8 Å². The van der Waals surface area contributed by atoms with Crippen LogP contribution < -0.4 is 4.74 Å². The smallest absolute Gasteiger partial charge is 0.148 e. The van der Waals surface area contributed by atoms with Crippen molar-refractivity contribution in [3.05, 3.63) is 28.2 Å². The first-order chi connectivity index (χ1) is 7.67. The summed E-state index contributed by atoms with van der Waals surface area (Å²) in [7, 11) is 1.52. The number of benzene rings is 1. The van der Waals surface area contributed by atoms with Crippen LogP contribution >= 0.6 is 12.2 Å². The summed E-state index contributed by atoms with van der Waals surface area (Å²) in [5.74, 6) is 1.22. The Morgan fingerprint density at radius 2 is 2.25 bits per heavy atom. The summed E-state index contributed by atoms with van der Waals surface area (Å²) in [6, 6.07) is 5.57. The van der Waals surface area contributed by atoms with Crippen LogP contribution in [0.4, 0.5) is 0 Å². The third kappa shape index (κ3) is 1.53. The molecule has 0 aliphatic heterocycles. The summed E-state index contributed by atoms with van der Waals surface area (Å²) in [4.78, 5) is 7.24. The molecule has 0 aliphatic carbocycles. The van der Waals surface area contributed by atoms with Crippen LogP contribution in [0.25, 0.3) is 10.9 Å². The summed E-state index contributed by atoms with van der Waals surface area (Å²) >= 11 is 5.18. The second kappa shape index (κ2) is 3.91. The summed E-state index contributed by atoms with van der Waals surface area (Å²) in [5, 5.41) is 9.64. The number of H-pyrrole nitrogens is 1. The highest BCUT2D eigenvalue weighted by Crippen LogP contribution is 2.28. The van der Waals surface area contributed by atoms with Crippen molar-refractivity contribution in [3.63, 3.8) is 0 Å².